The third-order valence-electron chi connectivity index (χ3n) is 4.22. The molecule has 7 atom stereocenters. The average molecular weight is 561 g/mol. The predicted molar refractivity (Wildman–Crippen MR) is 118 cm³/mol. The molecule has 1 rings (SSSR count). The van der Waals surface area contributed by atoms with Crippen LogP contribution in [0, 0.1) is 0 Å². The van der Waals surface area contributed by atoms with Gasteiger partial charge < -0.3 is 39.3 Å². The Balaban J connectivity index is 2.50. The zero-order chi connectivity index (χ0) is 25.3. The molecule has 0 aromatic carbocycles. The van der Waals surface area contributed by atoms with E-state index in [1.54, 1.807) is 14.9 Å². The largest absolute Gasteiger partial charge is 0.488 e. The first-order valence-corrected chi connectivity index (χ1v) is 16.6. The van der Waals surface area contributed by atoms with Crippen LogP contribution in [0.4, 0.5) is 0 Å². The van der Waals surface area contributed by atoms with Crippen molar-refractivity contribution in [2.75, 3.05) is 32.7 Å². The van der Waals surface area contributed by atoms with Gasteiger partial charge in [-0.3, -0.25) is 13.7 Å². The third-order valence-corrected chi connectivity index (χ3v) is 11.6. The number of nitrogens with one attached hydrogen (secondary N) is 1. The van der Waals surface area contributed by atoms with Crippen molar-refractivity contribution in [3.63, 3.8) is 0 Å². The van der Waals surface area contributed by atoms with E-state index in [1.807, 2.05) is 0 Å². The monoisotopic (exact) mass is 561 g/mol. The van der Waals surface area contributed by atoms with E-state index in [4.69, 9.17) is 9.26 Å². The quantitative estimate of drug-likeness (QED) is 0.0806. The van der Waals surface area contributed by atoms with Crippen molar-refractivity contribution < 1.29 is 65.3 Å². The maximum atomic E-state index is 12.0. The van der Waals surface area contributed by atoms with Crippen LogP contribution in [0.5, 0.6) is 0 Å². The van der Waals surface area contributed by atoms with Crippen molar-refractivity contribution in [1.82, 2.24) is 5.32 Å². The van der Waals surface area contributed by atoms with Crippen molar-refractivity contribution in [2.24, 2.45) is 0 Å². The van der Waals surface area contributed by atoms with E-state index in [0.29, 0.717) is 12.8 Å². The highest BCUT2D eigenvalue weighted by atomic mass is 31.3. The average Bonchev–Trinajstić information content (AvgIpc) is 2.93. The van der Waals surface area contributed by atoms with Crippen LogP contribution in [0.25, 0.3) is 0 Å². The van der Waals surface area contributed by atoms with Gasteiger partial charge in [0.05, 0.1) is 19.3 Å². The van der Waals surface area contributed by atoms with Crippen LogP contribution in [0.2, 0.25) is 0 Å². The van der Waals surface area contributed by atoms with Crippen LogP contribution in [0.15, 0.2) is 0 Å². The summed E-state index contributed by atoms with van der Waals surface area (Å²) in [5.41, 5.74) is 0. The van der Waals surface area contributed by atoms with Gasteiger partial charge in [0.1, 0.15) is 14.0 Å². The fraction of sp³-hybridized carbons (Fsp3) is 1.00. The molecule has 15 nitrogen and oxygen atoms in total. The number of unbranched alkanes of at least 4 members (excludes halogenated alkanes) is 3. The molecule has 0 aromatic heterocycles. The van der Waals surface area contributed by atoms with E-state index in [9.17, 15) is 42.9 Å². The Morgan fingerprint density at radius 3 is 2.15 bits per heavy atom. The van der Waals surface area contributed by atoms with Gasteiger partial charge in [0.2, 0.25) is 0 Å². The van der Waals surface area contributed by atoms with E-state index in [0.717, 1.165) is 19.4 Å². The van der Waals surface area contributed by atoms with Crippen molar-refractivity contribution in [3.8, 4) is 0 Å². The summed E-state index contributed by atoms with van der Waals surface area (Å²) >= 11 is 0. The molecule has 0 bridgehead atoms. The Morgan fingerprint density at radius 2 is 1.58 bits per heavy atom. The Morgan fingerprint density at radius 1 is 0.939 bits per heavy atom. The Bertz CT molecular complexity index is 801. The van der Waals surface area contributed by atoms with Gasteiger partial charge in [0.25, 0.3) is 0 Å². The van der Waals surface area contributed by atoms with E-state index < -0.39 is 55.6 Å². The zero-order valence-electron chi connectivity index (χ0n) is 18.3. The summed E-state index contributed by atoms with van der Waals surface area (Å²) < 4.78 is 70.1. The lowest BCUT2D eigenvalue weighted by atomic mass is 9.96. The molecule has 1 saturated heterocycles. The number of phosphoric ester groups is 1. The minimum atomic E-state index is -5.71. The normalized spacial score (nSPS) is 28.5. The molecule has 0 spiro atoms. The second-order valence-electron chi connectivity index (χ2n) is 7.45. The number of rotatable bonds is 17. The SMILES string of the molecule is B[C@H]1C[C@@H](O)[C@@H](COP(=O)(O)OP(=O)(O)OP(=O)(O)CP(=O)(O)OCCCCCCNC)O1. The molecular weight excluding hydrogens is 529 g/mol. The van der Waals surface area contributed by atoms with Crippen molar-refractivity contribution in [2.45, 2.75) is 50.3 Å². The molecule has 6 N–H and O–H groups in total. The highest BCUT2D eigenvalue weighted by Gasteiger charge is 2.45. The predicted octanol–water partition coefficient (Wildman–Crippen LogP) is 0.471. The van der Waals surface area contributed by atoms with Gasteiger partial charge in [-0.25, -0.2) is 13.4 Å². The van der Waals surface area contributed by atoms with Crippen LogP contribution in [0.1, 0.15) is 32.1 Å². The number of ether oxygens (including phenoxy) is 1. The lowest BCUT2D eigenvalue weighted by Crippen LogP contribution is -2.26. The number of aliphatic hydroxyl groups is 1. The molecule has 0 saturated carbocycles. The lowest BCUT2D eigenvalue weighted by molar-refractivity contribution is -0.00415. The molecule has 1 fully saturated rings. The summed E-state index contributed by atoms with van der Waals surface area (Å²) in [6, 6.07) is -0.352. The minimum absolute atomic E-state index is 0.200. The summed E-state index contributed by atoms with van der Waals surface area (Å²) in [5.74, 6) is -1.55. The second kappa shape index (κ2) is 13.7. The Kier molecular flexibility index (Phi) is 13.1. The summed E-state index contributed by atoms with van der Waals surface area (Å²) in [6.45, 7) is -0.0757. The van der Waals surface area contributed by atoms with Gasteiger partial charge in [-0.1, -0.05) is 12.8 Å². The van der Waals surface area contributed by atoms with E-state index >= 15 is 0 Å². The molecule has 1 aliphatic heterocycles. The minimum Gasteiger partial charge on any atom is -0.390 e. The van der Waals surface area contributed by atoms with Crippen LogP contribution >= 0.6 is 30.8 Å². The maximum absolute atomic E-state index is 12.0. The second-order valence-corrected chi connectivity index (χ2v) is 14.8. The standard InChI is InChI=1S/C13H32BNO14P4/c1-15-6-4-2-3-5-7-25-30(17,18)10-31(19,20)28-33(23,24)29-32(21,22)26-9-12-11(16)8-13(14)27-12/h11-13,15-16H,2-10,14H2,1H3,(H,17,18)(H,19,20)(H,21,22)(H,23,24)/t11-,12-,13-/m1/s1. The highest BCUT2D eigenvalue weighted by molar-refractivity contribution is 7.75. The molecule has 0 aliphatic carbocycles. The van der Waals surface area contributed by atoms with Crippen LogP contribution in [-0.2, 0) is 40.7 Å². The molecule has 0 aromatic rings. The fourth-order valence-electron chi connectivity index (χ4n) is 2.84. The van der Waals surface area contributed by atoms with Crippen molar-refractivity contribution in [1.29, 1.82) is 0 Å². The molecule has 4 unspecified atom stereocenters. The molecule has 0 amide bonds. The van der Waals surface area contributed by atoms with E-state index in [-0.39, 0.29) is 19.0 Å². The number of hydrogen-bond acceptors (Lipinski definition) is 11. The molecule has 33 heavy (non-hydrogen) atoms. The highest BCUT2D eigenvalue weighted by Crippen LogP contribution is 2.70. The van der Waals surface area contributed by atoms with Gasteiger partial charge >= 0.3 is 30.8 Å². The Labute approximate surface area is 192 Å². The van der Waals surface area contributed by atoms with E-state index in [1.165, 1.54) is 0 Å². The lowest BCUT2D eigenvalue weighted by Gasteiger charge is -2.21. The van der Waals surface area contributed by atoms with Crippen molar-refractivity contribution >= 4 is 38.7 Å². The first-order valence-electron chi connectivity index (χ1n) is 10.1. The smallest absolute Gasteiger partial charge is 0.390 e. The van der Waals surface area contributed by atoms with Gasteiger partial charge in [-0.15, -0.1) is 0 Å². The van der Waals surface area contributed by atoms with E-state index in [2.05, 4.69) is 18.5 Å². The summed E-state index contributed by atoms with van der Waals surface area (Å²) in [5, 5.41) is 12.7. The first-order chi connectivity index (χ1) is 15.1. The zero-order valence-corrected chi connectivity index (χ0v) is 21.9. The Hall–Kier alpha value is 0.545. The molecule has 0 radical (unpaired) electrons. The molecule has 1 aliphatic rings. The summed E-state index contributed by atoms with van der Waals surface area (Å²) in [4.78, 5) is 38.5. The topological polar surface area (TPSA) is 228 Å². The van der Waals surface area contributed by atoms with Gasteiger partial charge in [-0.2, -0.15) is 4.31 Å². The summed E-state index contributed by atoms with van der Waals surface area (Å²) in [6.07, 6.45) is 1.03. The number of aliphatic hydroxyl groups excluding tert-OH is 1. The molecule has 1 heterocycles. The first kappa shape index (κ1) is 31.6. The van der Waals surface area contributed by atoms with Crippen LogP contribution in [-0.4, -0.2) is 83.4 Å². The van der Waals surface area contributed by atoms with Crippen LogP contribution in [0.3, 0.4) is 0 Å². The van der Waals surface area contributed by atoms with Gasteiger partial charge in [0, 0.05) is 6.00 Å². The fourth-order valence-corrected chi connectivity index (χ4v) is 9.31. The number of hydrogen-bond donors (Lipinski definition) is 6. The van der Waals surface area contributed by atoms with Crippen LogP contribution < -0.4 is 5.32 Å². The molecular formula is C13H32BNO14P4. The third kappa shape index (κ3) is 14.0. The summed E-state index contributed by atoms with van der Waals surface area (Å²) in [7, 11) is -17.6. The van der Waals surface area contributed by atoms with Gasteiger partial charge in [0.15, 0.2) is 5.90 Å². The van der Waals surface area contributed by atoms with Crippen molar-refractivity contribution in [3.05, 3.63) is 0 Å². The molecule has 20 heteroatoms. The number of phosphoric acid groups is 2. The maximum Gasteiger partial charge on any atom is 0.488 e. The van der Waals surface area contributed by atoms with Gasteiger partial charge in [-0.05, 0) is 32.9 Å². The molecule has 196 valence electrons.